The molecule has 122 valence electrons. The highest BCUT2D eigenvalue weighted by molar-refractivity contribution is 5.92. The molecule has 0 aliphatic carbocycles. The first-order valence-corrected chi connectivity index (χ1v) is 7.22. The zero-order valence-electron chi connectivity index (χ0n) is 14.2. The molecule has 0 saturated heterocycles. The van der Waals surface area contributed by atoms with Crippen LogP contribution in [0.1, 0.15) is 26.3 Å². The van der Waals surface area contributed by atoms with E-state index in [9.17, 15) is 9.59 Å². The van der Waals surface area contributed by atoms with Crippen LogP contribution in [0.25, 0.3) is 0 Å². The van der Waals surface area contributed by atoms with Crippen molar-refractivity contribution < 1.29 is 9.59 Å². The summed E-state index contributed by atoms with van der Waals surface area (Å²) >= 11 is 0. The topological polar surface area (TPSA) is 73.5 Å². The Bertz CT molecular complexity index is 548. The molecule has 1 rings (SSSR count). The Labute approximate surface area is 132 Å². The minimum atomic E-state index is -0.402. The number of aryl methyl sites for hydroxylation is 1. The fraction of sp³-hybridized carbons (Fsp3) is 0.500. The van der Waals surface area contributed by atoms with Crippen LogP contribution in [0.15, 0.2) is 18.2 Å². The zero-order valence-corrected chi connectivity index (χ0v) is 14.2. The molecule has 0 radical (unpaired) electrons. The highest BCUT2D eigenvalue weighted by Crippen LogP contribution is 2.21. The van der Waals surface area contributed by atoms with Crippen LogP contribution in [-0.4, -0.2) is 38.1 Å². The van der Waals surface area contributed by atoms with Gasteiger partial charge in [0.05, 0.1) is 6.54 Å². The normalized spacial score (nSPS) is 10.8. The molecule has 0 bridgehead atoms. The predicted molar refractivity (Wildman–Crippen MR) is 90.4 cm³/mol. The number of urea groups is 1. The maximum Gasteiger partial charge on any atom is 0.319 e. The maximum absolute atomic E-state index is 11.8. The van der Waals surface area contributed by atoms with Crippen molar-refractivity contribution in [2.75, 3.05) is 30.9 Å². The Balaban J connectivity index is 2.52. The molecule has 0 unspecified atom stereocenters. The van der Waals surface area contributed by atoms with Gasteiger partial charge in [0.1, 0.15) is 0 Å². The fourth-order valence-corrected chi connectivity index (χ4v) is 2.03. The van der Waals surface area contributed by atoms with E-state index in [1.807, 2.05) is 64.9 Å². The molecule has 0 aliphatic heterocycles. The number of hydrogen-bond donors (Lipinski definition) is 3. The van der Waals surface area contributed by atoms with Crippen LogP contribution in [0.2, 0.25) is 0 Å². The molecule has 3 N–H and O–H groups in total. The van der Waals surface area contributed by atoms with E-state index in [1.54, 1.807) is 0 Å². The number of rotatable bonds is 4. The average molecular weight is 306 g/mol. The van der Waals surface area contributed by atoms with E-state index in [-0.39, 0.29) is 18.0 Å². The number of carbonyl (C=O) groups is 2. The lowest BCUT2D eigenvalue weighted by molar-refractivity contribution is -0.121. The molecule has 0 aliphatic rings. The number of carbonyl (C=O) groups excluding carboxylic acids is 2. The van der Waals surface area contributed by atoms with Gasteiger partial charge in [0.2, 0.25) is 5.91 Å². The maximum atomic E-state index is 11.8. The number of nitrogens with one attached hydrogen (secondary N) is 3. The van der Waals surface area contributed by atoms with Gasteiger partial charge in [-0.15, -0.1) is 0 Å². The summed E-state index contributed by atoms with van der Waals surface area (Å²) in [6.45, 7) is 7.59. The summed E-state index contributed by atoms with van der Waals surface area (Å²) in [4.78, 5) is 25.4. The minimum absolute atomic E-state index is 0.0577. The molecule has 0 saturated carbocycles. The third-order valence-electron chi connectivity index (χ3n) is 2.86. The summed E-state index contributed by atoms with van der Waals surface area (Å²) in [6, 6.07) is 5.26. The van der Waals surface area contributed by atoms with Crippen LogP contribution in [0.3, 0.4) is 0 Å². The van der Waals surface area contributed by atoms with Crippen LogP contribution in [0.5, 0.6) is 0 Å². The van der Waals surface area contributed by atoms with Crippen molar-refractivity contribution >= 4 is 23.3 Å². The smallest absolute Gasteiger partial charge is 0.319 e. The van der Waals surface area contributed by atoms with E-state index in [0.29, 0.717) is 5.69 Å². The number of hydrogen-bond acceptors (Lipinski definition) is 3. The second-order valence-electron chi connectivity index (χ2n) is 6.50. The monoisotopic (exact) mass is 306 g/mol. The number of benzene rings is 1. The van der Waals surface area contributed by atoms with Gasteiger partial charge in [-0.25, -0.2) is 4.79 Å². The van der Waals surface area contributed by atoms with Gasteiger partial charge in [-0.2, -0.15) is 0 Å². The van der Waals surface area contributed by atoms with E-state index in [2.05, 4.69) is 16.0 Å². The van der Waals surface area contributed by atoms with Gasteiger partial charge in [0, 0.05) is 31.0 Å². The molecule has 0 fully saturated rings. The average Bonchev–Trinajstić information content (AvgIpc) is 2.34. The molecular formula is C16H26N4O2. The largest absolute Gasteiger partial charge is 0.377 e. The fourth-order valence-electron chi connectivity index (χ4n) is 2.03. The quantitative estimate of drug-likeness (QED) is 0.797. The highest BCUT2D eigenvalue weighted by atomic mass is 16.2. The van der Waals surface area contributed by atoms with Crippen molar-refractivity contribution in [3.8, 4) is 0 Å². The van der Waals surface area contributed by atoms with Gasteiger partial charge in [-0.05, 0) is 51.5 Å². The summed E-state index contributed by atoms with van der Waals surface area (Å²) < 4.78 is 0. The Kier molecular flexibility index (Phi) is 5.79. The van der Waals surface area contributed by atoms with Crippen LogP contribution in [-0.2, 0) is 4.79 Å². The third kappa shape index (κ3) is 6.03. The molecule has 0 spiro atoms. The first kappa shape index (κ1) is 17.8. The first-order chi connectivity index (χ1) is 10.1. The number of nitrogens with zero attached hydrogens (tertiary/aromatic N) is 1. The van der Waals surface area contributed by atoms with Gasteiger partial charge < -0.3 is 20.9 Å². The van der Waals surface area contributed by atoms with Gasteiger partial charge >= 0.3 is 6.03 Å². The predicted octanol–water partition coefficient (Wildman–Crippen LogP) is 2.10. The lowest BCUT2D eigenvalue weighted by atomic mass is 10.1. The molecule has 0 heterocycles. The molecular weight excluding hydrogens is 280 g/mol. The van der Waals surface area contributed by atoms with Crippen molar-refractivity contribution in [2.45, 2.75) is 33.2 Å². The second-order valence-corrected chi connectivity index (χ2v) is 6.50. The molecule has 0 aromatic heterocycles. The molecule has 1 aromatic rings. The molecule has 6 heteroatoms. The molecule has 0 atom stereocenters. The highest BCUT2D eigenvalue weighted by Gasteiger charge is 2.14. The van der Waals surface area contributed by atoms with E-state index in [0.717, 1.165) is 11.3 Å². The Morgan fingerprint density at radius 1 is 1.18 bits per heavy atom. The summed E-state index contributed by atoms with van der Waals surface area (Å²) in [5.41, 5.74) is 2.54. The van der Waals surface area contributed by atoms with Crippen LogP contribution >= 0.6 is 0 Å². The van der Waals surface area contributed by atoms with Crippen LogP contribution in [0, 0.1) is 6.92 Å². The lowest BCUT2D eigenvalue weighted by Crippen LogP contribution is -2.46. The summed E-state index contributed by atoms with van der Waals surface area (Å²) in [6.07, 6.45) is 0. The third-order valence-corrected chi connectivity index (χ3v) is 2.86. The van der Waals surface area contributed by atoms with Gasteiger partial charge in [-0.1, -0.05) is 0 Å². The molecule has 3 amide bonds. The van der Waals surface area contributed by atoms with E-state index < -0.39 is 6.03 Å². The SMILES string of the molecule is Cc1cc(NC(=O)NCC(=O)NC(C)(C)C)ccc1N(C)C. The Hall–Kier alpha value is -2.24. The van der Waals surface area contributed by atoms with Crippen molar-refractivity contribution in [1.29, 1.82) is 0 Å². The standard InChI is InChI=1S/C16H26N4O2/c1-11-9-12(7-8-13(11)20(5)6)18-15(22)17-10-14(21)19-16(2,3)4/h7-9H,10H2,1-6H3,(H,19,21)(H2,17,18,22). The molecule has 22 heavy (non-hydrogen) atoms. The van der Waals surface area contributed by atoms with Gasteiger partial charge in [0.15, 0.2) is 0 Å². The first-order valence-electron chi connectivity index (χ1n) is 7.22. The molecule has 6 nitrogen and oxygen atoms in total. The van der Waals surface area contributed by atoms with E-state index >= 15 is 0 Å². The Morgan fingerprint density at radius 3 is 2.32 bits per heavy atom. The van der Waals surface area contributed by atoms with Crippen molar-refractivity contribution in [3.63, 3.8) is 0 Å². The number of amides is 3. The van der Waals surface area contributed by atoms with Crippen molar-refractivity contribution in [3.05, 3.63) is 23.8 Å². The second kappa shape index (κ2) is 7.15. The summed E-state index contributed by atoms with van der Waals surface area (Å²) in [7, 11) is 3.94. The minimum Gasteiger partial charge on any atom is -0.377 e. The van der Waals surface area contributed by atoms with E-state index in [4.69, 9.17) is 0 Å². The summed E-state index contributed by atoms with van der Waals surface area (Å²) in [5.74, 6) is -0.221. The van der Waals surface area contributed by atoms with Crippen molar-refractivity contribution in [2.24, 2.45) is 0 Å². The van der Waals surface area contributed by atoms with Gasteiger partial charge in [0.25, 0.3) is 0 Å². The van der Waals surface area contributed by atoms with Crippen LogP contribution < -0.4 is 20.9 Å². The number of anilines is 2. The molecule has 1 aromatic carbocycles. The Morgan fingerprint density at radius 2 is 1.82 bits per heavy atom. The van der Waals surface area contributed by atoms with Crippen molar-refractivity contribution in [1.82, 2.24) is 10.6 Å². The van der Waals surface area contributed by atoms with Crippen LogP contribution in [0.4, 0.5) is 16.2 Å². The van der Waals surface area contributed by atoms with E-state index in [1.165, 1.54) is 0 Å². The summed E-state index contributed by atoms with van der Waals surface area (Å²) in [5, 5.41) is 8.04. The zero-order chi connectivity index (χ0) is 16.9. The van der Waals surface area contributed by atoms with Gasteiger partial charge in [-0.3, -0.25) is 4.79 Å². The lowest BCUT2D eigenvalue weighted by Gasteiger charge is -2.20.